The summed E-state index contributed by atoms with van der Waals surface area (Å²) < 4.78 is 31.3. The van der Waals surface area contributed by atoms with Gasteiger partial charge in [-0.15, -0.1) is 0 Å². The molecular weight excluding hydrogens is 288 g/mol. The molecule has 2 rings (SSSR count). The fourth-order valence-corrected chi connectivity index (χ4v) is 1.83. The first-order valence-electron chi connectivity index (χ1n) is 6.76. The number of hydrogen-bond donors (Lipinski definition) is 1. The Bertz CT molecular complexity index is 699. The normalized spacial score (nSPS) is 10.7. The molecule has 0 fully saturated rings. The average molecular weight is 303 g/mol. The molecule has 0 aliphatic heterocycles. The molecule has 1 N–H and O–H groups in total. The number of carbonyl (C=O) groups is 1. The van der Waals surface area contributed by atoms with Crippen LogP contribution in [-0.2, 0) is 4.79 Å². The zero-order valence-corrected chi connectivity index (χ0v) is 12.0. The Labute approximate surface area is 127 Å². The van der Waals surface area contributed by atoms with E-state index in [1.54, 1.807) is 12.1 Å². The van der Waals surface area contributed by atoms with E-state index in [2.05, 4.69) is 5.32 Å². The van der Waals surface area contributed by atoms with Crippen LogP contribution in [0.1, 0.15) is 12.5 Å². The maximum absolute atomic E-state index is 13.1. The van der Waals surface area contributed by atoms with Crippen molar-refractivity contribution in [3.8, 4) is 5.75 Å². The summed E-state index contributed by atoms with van der Waals surface area (Å²) in [6.45, 7) is 2.39. The molecule has 0 aromatic heterocycles. The maximum Gasteiger partial charge on any atom is 0.248 e. The third-order valence-corrected chi connectivity index (χ3v) is 2.82. The summed E-state index contributed by atoms with van der Waals surface area (Å²) >= 11 is 0. The number of nitrogens with one attached hydrogen (secondary N) is 1. The molecule has 0 atom stereocenters. The van der Waals surface area contributed by atoms with Crippen molar-refractivity contribution < 1.29 is 18.3 Å². The number of amides is 1. The zero-order chi connectivity index (χ0) is 15.9. The van der Waals surface area contributed by atoms with Crippen LogP contribution in [0.5, 0.6) is 5.75 Å². The lowest BCUT2D eigenvalue weighted by Gasteiger charge is -2.06. The van der Waals surface area contributed by atoms with Gasteiger partial charge in [-0.05, 0) is 31.2 Å². The quantitative estimate of drug-likeness (QED) is 0.847. The molecule has 0 radical (unpaired) electrons. The van der Waals surface area contributed by atoms with Crippen LogP contribution < -0.4 is 10.1 Å². The number of hydrogen-bond acceptors (Lipinski definition) is 2. The van der Waals surface area contributed by atoms with E-state index in [9.17, 15) is 13.6 Å². The van der Waals surface area contributed by atoms with Crippen molar-refractivity contribution in [2.45, 2.75) is 6.92 Å². The molecule has 0 spiro atoms. The first kappa shape index (κ1) is 15.7. The van der Waals surface area contributed by atoms with Gasteiger partial charge in [0.15, 0.2) is 11.6 Å². The highest BCUT2D eigenvalue weighted by Crippen LogP contribution is 2.19. The molecule has 0 bridgehead atoms. The molecule has 1 amide bonds. The lowest BCUT2D eigenvalue weighted by atomic mass is 10.2. The van der Waals surface area contributed by atoms with E-state index in [1.807, 2.05) is 25.1 Å². The van der Waals surface area contributed by atoms with Gasteiger partial charge in [0.2, 0.25) is 5.91 Å². The predicted molar refractivity (Wildman–Crippen MR) is 81.6 cm³/mol. The maximum atomic E-state index is 13.1. The fraction of sp³-hybridized carbons (Fsp3) is 0.118. The second-order valence-corrected chi connectivity index (χ2v) is 4.42. The summed E-state index contributed by atoms with van der Waals surface area (Å²) in [5.74, 6) is -1.75. The van der Waals surface area contributed by atoms with E-state index in [4.69, 9.17) is 4.74 Å². The summed E-state index contributed by atoms with van der Waals surface area (Å²) in [5.41, 5.74) is 0.941. The van der Waals surface area contributed by atoms with E-state index in [-0.39, 0.29) is 5.69 Å². The largest absolute Gasteiger partial charge is 0.493 e. The summed E-state index contributed by atoms with van der Waals surface area (Å²) in [4.78, 5) is 11.8. The Balaban J connectivity index is 2.06. The minimum absolute atomic E-state index is 0.187. The average Bonchev–Trinajstić information content (AvgIpc) is 2.50. The summed E-state index contributed by atoms with van der Waals surface area (Å²) in [6, 6.07) is 10.5. The lowest BCUT2D eigenvalue weighted by Crippen LogP contribution is -2.08. The van der Waals surface area contributed by atoms with Gasteiger partial charge < -0.3 is 10.1 Å². The Kier molecular flexibility index (Phi) is 5.25. The number of anilines is 1. The second-order valence-electron chi connectivity index (χ2n) is 4.42. The molecule has 2 aromatic rings. The van der Waals surface area contributed by atoms with Crippen LogP contribution >= 0.6 is 0 Å². The Hall–Kier alpha value is -2.69. The molecule has 22 heavy (non-hydrogen) atoms. The highest BCUT2D eigenvalue weighted by molar-refractivity contribution is 6.02. The highest BCUT2D eigenvalue weighted by Gasteiger charge is 2.05. The molecule has 2 aromatic carbocycles. The van der Waals surface area contributed by atoms with Crippen molar-refractivity contribution in [1.82, 2.24) is 0 Å². The third kappa shape index (κ3) is 4.15. The van der Waals surface area contributed by atoms with Gasteiger partial charge in [-0.25, -0.2) is 8.78 Å². The molecule has 5 heteroatoms. The number of ether oxygens (including phenoxy) is 1. The van der Waals surface area contributed by atoms with Gasteiger partial charge in [-0.2, -0.15) is 0 Å². The van der Waals surface area contributed by atoms with Crippen LogP contribution in [0.15, 0.2) is 48.5 Å². The molecule has 114 valence electrons. The van der Waals surface area contributed by atoms with Gasteiger partial charge in [0.1, 0.15) is 5.75 Å². The van der Waals surface area contributed by atoms with Crippen molar-refractivity contribution in [2.24, 2.45) is 0 Å². The van der Waals surface area contributed by atoms with Gasteiger partial charge in [0.25, 0.3) is 0 Å². The fourth-order valence-electron chi connectivity index (χ4n) is 1.83. The van der Waals surface area contributed by atoms with Gasteiger partial charge in [-0.1, -0.05) is 18.2 Å². The first-order valence-corrected chi connectivity index (χ1v) is 6.76. The van der Waals surface area contributed by atoms with Crippen LogP contribution in [0.3, 0.4) is 0 Å². The van der Waals surface area contributed by atoms with Crippen LogP contribution in [0.25, 0.3) is 6.08 Å². The van der Waals surface area contributed by atoms with Gasteiger partial charge in [-0.3, -0.25) is 4.79 Å². The Morgan fingerprint density at radius 3 is 2.68 bits per heavy atom. The number of carbonyl (C=O) groups excluding carboxylic acids is 1. The van der Waals surface area contributed by atoms with Crippen molar-refractivity contribution in [2.75, 3.05) is 11.9 Å². The second kappa shape index (κ2) is 7.36. The van der Waals surface area contributed by atoms with Crippen molar-refractivity contribution in [3.63, 3.8) is 0 Å². The smallest absolute Gasteiger partial charge is 0.248 e. The zero-order valence-electron chi connectivity index (χ0n) is 12.0. The van der Waals surface area contributed by atoms with E-state index in [0.717, 1.165) is 17.7 Å². The van der Waals surface area contributed by atoms with Crippen LogP contribution in [0.4, 0.5) is 14.5 Å². The minimum atomic E-state index is -1.01. The molecule has 0 saturated heterocycles. The van der Waals surface area contributed by atoms with Gasteiger partial charge in [0.05, 0.1) is 6.61 Å². The Morgan fingerprint density at radius 1 is 1.18 bits per heavy atom. The first-order chi connectivity index (χ1) is 10.6. The van der Waals surface area contributed by atoms with Crippen LogP contribution in [-0.4, -0.2) is 12.5 Å². The third-order valence-electron chi connectivity index (χ3n) is 2.82. The SMILES string of the molecule is CCOc1ccccc1/C=C/C(=O)Nc1ccc(F)c(F)c1. The molecular formula is C17H15F2NO2. The predicted octanol–water partition coefficient (Wildman–Crippen LogP) is 4.02. The van der Waals surface area contributed by atoms with Gasteiger partial charge >= 0.3 is 0 Å². The number of benzene rings is 2. The van der Waals surface area contributed by atoms with Crippen LogP contribution in [0, 0.1) is 11.6 Å². The molecule has 0 aliphatic rings. The summed E-state index contributed by atoms with van der Waals surface area (Å²) in [7, 11) is 0. The Morgan fingerprint density at radius 2 is 1.95 bits per heavy atom. The molecule has 3 nitrogen and oxygen atoms in total. The van der Waals surface area contributed by atoms with Crippen LogP contribution in [0.2, 0.25) is 0 Å². The lowest BCUT2D eigenvalue weighted by molar-refractivity contribution is -0.111. The van der Waals surface area contributed by atoms with E-state index in [0.29, 0.717) is 12.4 Å². The number of rotatable bonds is 5. The van der Waals surface area contributed by atoms with E-state index < -0.39 is 17.5 Å². The number of para-hydroxylation sites is 1. The van der Waals surface area contributed by atoms with Gasteiger partial charge in [0, 0.05) is 23.4 Å². The molecule has 0 saturated carbocycles. The van der Waals surface area contributed by atoms with Crippen molar-refractivity contribution in [1.29, 1.82) is 0 Å². The molecule has 0 heterocycles. The van der Waals surface area contributed by atoms with E-state index in [1.165, 1.54) is 12.1 Å². The van der Waals surface area contributed by atoms with E-state index >= 15 is 0 Å². The summed E-state index contributed by atoms with van der Waals surface area (Å²) in [5, 5.41) is 2.46. The standard InChI is InChI=1S/C17H15F2NO2/c1-2-22-16-6-4-3-5-12(16)7-10-17(21)20-13-8-9-14(18)15(19)11-13/h3-11H,2H2,1H3,(H,20,21)/b10-7+. The minimum Gasteiger partial charge on any atom is -0.493 e. The topological polar surface area (TPSA) is 38.3 Å². The monoisotopic (exact) mass is 303 g/mol. The molecule has 0 aliphatic carbocycles. The number of halogens is 2. The highest BCUT2D eigenvalue weighted by atomic mass is 19.2. The molecule has 0 unspecified atom stereocenters. The summed E-state index contributed by atoms with van der Waals surface area (Å²) in [6.07, 6.45) is 2.90. The van der Waals surface area contributed by atoms with Crippen molar-refractivity contribution in [3.05, 3.63) is 65.7 Å². The van der Waals surface area contributed by atoms with Crippen molar-refractivity contribution >= 4 is 17.7 Å².